The lowest BCUT2D eigenvalue weighted by atomic mass is 9.93. The Bertz CT molecular complexity index is 945. The van der Waals surface area contributed by atoms with Crippen molar-refractivity contribution in [2.24, 2.45) is 0 Å². The van der Waals surface area contributed by atoms with E-state index < -0.39 is 18.0 Å². The Labute approximate surface area is 182 Å². The van der Waals surface area contributed by atoms with E-state index in [1.54, 1.807) is 0 Å². The van der Waals surface area contributed by atoms with Crippen molar-refractivity contribution in [3.63, 3.8) is 0 Å². The van der Waals surface area contributed by atoms with E-state index >= 15 is 0 Å². The summed E-state index contributed by atoms with van der Waals surface area (Å²) < 4.78 is 5.40. The molecule has 2 fully saturated rings. The zero-order valence-electron chi connectivity index (χ0n) is 17.6. The number of carbonyl (C=O) groups is 3. The first-order valence-corrected chi connectivity index (χ1v) is 10.6. The predicted molar refractivity (Wildman–Crippen MR) is 115 cm³/mol. The third kappa shape index (κ3) is 4.77. The molecule has 0 saturated carbocycles. The van der Waals surface area contributed by atoms with Crippen molar-refractivity contribution in [1.29, 1.82) is 0 Å². The van der Waals surface area contributed by atoms with Crippen molar-refractivity contribution in [3.05, 3.63) is 71.3 Å². The van der Waals surface area contributed by atoms with E-state index in [0.717, 1.165) is 23.1 Å². The number of nitrogens with zero attached hydrogens (tertiary/aromatic N) is 2. The second-order valence-electron chi connectivity index (χ2n) is 8.11. The second kappa shape index (κ2) is 9.31. The van der Waals surface area contributed by atoms with Crippen LogP contribution < -0.4 is 5.32 Å². The molecule has 2 aliphatic heterocycles. The number of piperidine rings is 1. The average molecular weight is 421 g/mol. The van der Waals surface area contributed by atoms with Gasteiger partial charge in [-0.05, 0) is 37.4 Å². The molecule has 0 radical (unpaired) electrons. The summed E-state index contributed by atoms with van der Waals surface area (Å²) in [7, 11) is 0. The maximum absolute atomic E-state index is 13.3. The van der Waals surface area contributed by atoms with Crippen LogP contribution in [0.25, 0.3) is 0 Å². The van der Waals surface area contributed by atoms with Gasteiger partial charge in [0.15, 0.2) is 0 Å². The van der Waals surface area contributed by atoms with Gasteiger partial charge in [0.1, 0.15) is 19.2 Å². The molecule has 2 atom stereocenters. The van der Waals surface area contributed by atoms with Crippen LogP contribution in [0.15, 0.2) is 54.6 Å². The number of hydrogen-bond acceptors (Lipinski definition) is 5. The molecule has 1 N–H and O–H groups in total. The normalized spacial score (nSPS) is 21.1. The van der Waals surface area contributed by atoms with Gasteiger partial charge in [-0.1, -0.05) is 60.2 Å². The molecular weight excluding hydrogens is 394 g/mol. The minimum Gasteiger partial charge on any atom is -0.459 e. The predicted octanol–water partition coefficient (Wildman–Crippen LogP) is 2.62. The van der Waals surface area contributed by atoms with Gasteiger partial charge in [0.05, 0.1) is 12.6 Å². The highest BCUT2D eigenvalue weighted by Gasteiger charge is 2.47. The first kappa shape index (κ1) is 21.1. The summed E-state index contributed by atoms with van der Waals surface area (Å²) in [4.78, 5) is 41.6. The first-order chi connectivity index (χ1) is 15.0. The number of esters is 1. The fourth-order valence-corrected chi connectivity index (χ4v) is 4.15. The summed E-state index contributed by atoms with van der Waals surface area (Å²) in [6, 6.07) is 15.9. The number of amides is 3. The van der Waals surface area contributed by atoms with Crippen molar-refractivity contribution < 1.29 is 19.1 Å². The van der Waals surface area contributed by atoms with E-state index in [0.29, 0.717) is 13.0 Å². The van der Waals surface area contributed by atoms with Gasteiger partial charge >= 0.3 is 12.0 Å². The molecule has 2 aliphatic rings. The lowest BCUT2D eigenvalue weighted by Crippen LogP contribution is -2.69. The van der Waals surface area contributed by atoms with Crippen molar-refractivity contribution >= 4 is 17.9 Å². The maximum Gasteiger partial charge on any atom is 0.327 e. The third-order valence-corrected chi connectivity index (χ3v) is 5.84. The van der Waals surface area contributed by atoms with E-state index in [1.165, 1.54) is 9.80 Å². The van der Waals surface area contributed by atoms with Gasteiger partial charge in [-0.2, -0.15) is 0 Å². The minimum absolute atomic E-state index is 0.153. The second-order valence-corrected chi connectivity index (χ2v) is 8.11. The van der Waals surface area contributed by atoms with Crippen LogP contribution in [0.3, 0.4) is 0 Å². The summed E-state index contributed by atoms with van der Waals surface area (Å²) in [5.41, 5.74) is 2.86. The molecule has 0 spiro atoms. The fraction of sp³-hybridized carbons (Fsp3) is 0.375. The van der Waals surface area contributed by atoms with Crippen molar-refractivity contribution in [3.8, 4) is 0 Å². The van der Waals surface area contributed by atoms with Crippen LogP contribution in [0.4, 0.5) is 4.79 Å². The summed E-state index contributed by atoms with van der Waals surface area (Å²) in [5.74, 6) is -0.713. The number of hydrogen-bond donors (Lipinski definition) is 1. The monoisotopic (exact) mass is 421 g/mol. The number of ether oxygens (including phenoxy) is 1. The quantitative estimate of drug-likeness (QED) is 0.726. The van der Waals surface area contributed by atoms with E-state index in [1.807, 2.05) is 61.5 Å². The summed E-state index contributed by atoms with van der Waals surface area (Å²) in [6.07, 6.45) is 1.52. The van der Waals surface area contributed by atoms with Gasteiger partial charge in [-0.25, -0.2) is 4.79 Å². The Morgan fingerprint density at radius 1 is 1.06 bits per heavy atom. The molecular formula is C24H27N3O4. The summed E-state index contributed by atoms with van der Waals surface area (Å²) in [6.45, 7) is 2.86. The Balaban J connectivity index is 1.48. The van der Waals surface area contributed by atoms with Crippen LogP contribution in [0, 0.1) is 6.92 Å². The SMILES string of the molecule is Cc1ccc(CN2C(=O)C3NCCCC3N(CC(=O)OCc3ccccc3)C2=O)cc1. The number of aryl methyl sites for hydroxylation is 1. The maximum atomic E-state index is 13.3. The molecule has 7 nitrogen and oxygen atoms in total. The number of nitrogens with one attached hydrogen (secondary N) is 1. The Morgan fingerprint density at radius 2 is 1.81 bits per heavy atom. The van der Waals surface area contributed by atoms with Crippen LogP contribution in [0.1, 0.15) is 29.5 Å². The Morgan fingerprint density at radius 3 is 2.55 bits per heavy atom. The molecule has 2 aromatic rings. The number of urea groups is 1. The highest BCUT2D eigenvalue weighted by atomic mass is 16.5. The first-order valence-electron chi connectivity index (χ1n) is 10.6. The lowest BCUT2D eigenvalue weighted by Gasteiger charge is -2.46. The van der Waals surface area contributed by atoms with Crippen LogP contribution in [-0.2, 0) is 27.5 Å². The molecule has 4 rings (SSSR count). The number of fused-ring (bicyclic) bond motifs is 1. The lowest BCUT2D eigenvalue weighted by molar-refractivity contribution is -0.149. The average Bonchev–Trinajstić information content (AvgIpc) is 2.80. The largest absolute Gasteiger partial charge is 0.459 e. The smallest absolute Gasteiger partial charge is 0.327 e. The molecule has 3 amide bonds. The highest BCUT2D eigenvalue weighted by molar-refractivity contribution is 6.01. The molecule has 2 aromatic carbocycles. The van der Waals surface area contributed by atoms with Gasteiger partial charge in [0.25, 0.3) is 0 Å². The van der Waals surface area contributed by atoms with Crippen molar-refractivity contribution in [1.82, 2.24) is 15.1 Å². The van der Waals surface area contributed by atoms with Crippen LogP contribution in [0.2, 0.25) is 0 Å². The summed E-state index contributed by atoms with van der Waals surface area (Å²) >= 11 is 0. The van der Waals surface area contributed by atoms with Gasteiger partial charge in [-0.15, -0.1) is 0 Å². The molecule has 2 heterocycles. The van der Waals surface area contributed by atoms with Gasteiger partial charge in [0, 0.05) is 0 Å². The molecule has 2 saturated heterocycles. The summed E-state index contributed by atoms with van der Waals surface area (Å²) in [5, 5.41) is 3.24. The third-order valence-electron chi connectivity index (χ3n) is 5.84. The highest BCUT2D eigenvalue weighted by Crippen LogP contribution is 2.26. The zero-order chi connectivity index (χ0) is 21.8. The molecule has 0 bridgehead atoms. The van der Waals surface area contributed by atoms with E-state index in [4.69, 9.17) is 4.74 Å². The Hall–Kier alpha value is -3.19. The Kier molecular flexibility index (Phi) is 6.32. The zero-order valence-corrected chi connectivity index (χ0v) is 17.6. The number of rotatable bonds is 6. The van der Waals surface area contributed by atoms with E-state index in [9.17, 15) is 14.4 Å². The van der Waals surface area contributed by atoms with Gasteiger partial charge in [-0.3, -0.25) is 14.5 Å². The minimum atomic E-state index is -0.501. The van der Waals surface area contributed by atoms with Crippen molar-refractivity contribution in [2.45, 2.75) is 45.0 Å². The van der Waals surface area contributed by atoms with Crippen molar-refractivity contribution in [2.75, 3.05) is 13.1 Å². The van der Waals surface area contributed by atoms with Gasteiger partial charge in [0.2, 0.25) is 5.91 Å². The number of imide groups is 1. The molecule has 2 unspecified atom stereocenters. The van der Waals surface area contributed by atoms with Crippen LogP contribution in [-0.4, -0.2) is 52.9 Å². The number of carbonyl (C=O) groups excluding carboxylic acids is 3. The van der Waals surface area contributed by atoms with Crippen LogP contribution in [0.5, 0.6) is 0 Å². The van der Waals surface area contributed by atoms with E-state index in [-0.39, 0.29) is 31.6 Å². The molecule has 0 aliphatic carbocycles. The topological polar surface area (TPSA) is 79.0 Å². The van der Waals surface area contributed by atoms with E-state index in [2.05, 4.69) is 5.32 Å². The van der Waals surface area contributed by atoms with Crippen LogP contribution >= 0.6 is 0 Å². The number of benzene rings is 2. The van der Waals surface area contributed by atoms with Gasteiger partial charge < -0.3 is 15.0 Å². The molecule has 162 valence electrons. The molecule has 31 heavy (non-hydrogen) atoms. The molecule has 0 aromatic heterocycles. The fourth-order valence-electron chi connectivity index (χ4n) is 4.15. The molecule has 7 heteroatoms. The standard InChI is InChI=1S/C24H27N3O4/c1-17-9-11-18(12-10-17)14-27-23(29)22-20(8-5-13-25-22)26(24(27)30)15-21(28)31-16-19-6-3-2-4-7-19/h2-4,6-7,9-12,20,22,25H,5,8,13-16H2,1H3.